The molecule has 2 unspecified atom stereocenters. The molecule has 0 bridgehead atoms. The van der Waals surface area contributed by atoms with Gasteiger partial charge in [-0.1, -0.05) is 79.9 Å². The number of carbonyl (C=O) groups is 4. The van der Waals surface area contributed by atoms with Crippen LogP contribution in [-0.2, 0) is 22.4 Å². The molecule has 0 saturated heterocycles. The molecule has 10 heteroatoms. The molecular weight excluding hydrogens is 476 g/mol. The largest absolute Gasteiger partial charge is 0.465 e. The highest BCUT2D eigenvalue weighted by atomic mass is 16.4. The molecule has 0 aliphatic heterocycles. The van der Waals surface area contributed by atoms with E-state index in [9.17, 15) is 24.3 Å². The number of rotatable bonds is 17. The molecule has 0 radical (unpaired) electrons. The van der Waals surface area contributed by atoms with Gasteiger partial charge in [-0.3, -0.25) is 15.4 Å². The highest BCUT2D eigenvalue weighted by Gasteiger charge is 2.24. The number of hydrogen-bond acceptors (Lipinski definition) is 6. The minimum atomic E-state index is -1.47. The molecule has 10 nitrogen and oxygen atoms in total. The molecule has 200 valence electrons. The van der Waals surface area contributed by atoms with Crippen molar-refractivity contribution in [1.29, 1.82) is 0 Å². The molecule has 0 fully saturated rings. The van der Waals surface area contributed by atoms with Gasteiger partial charge in [-0.15, -0.1) is 0 Å². The normalized spacial score (nSPS) is 13.2. The van der Waals surface area contributed by atoms with Crippen LogP contribution in [0.25, 0.3) is 0 Å². The molecule has 3 atom stereocenters. The van der Waals surface area contributed by atoms with E-state index >= 15 is 0 Å². The maximum Gasteiger partial charge on any atom is 0.411 e. The van der Waals surface area contributed by atoms with Crippen LogP contribution in [0.5, 0.6) is 0 Å². The van der Waals surface area contributed by atoms with E-state index < -0.39 is 30.3 Å². The van der Waals surface area contributed by atoms with E-state index in [4.69, 9.17) is 5.11 Å². The van der Waals surface area contributed by atoms with E-state index in [1.54, 1.807) is 0 Å². The first-order chi connectivity index (χ1) is 17.9. The van der Waals surface area contributed by atoms with Gasteiger partial charge < -0.3 is 25.6 Å². The molecule has 0 heterocycles. The van der Waals surface area contributed by atoms with Crippen LogP contribution in [0.3, 0.4) is 0 Å². The van der Waals surface area contributed by atoms with Gasteiger partial charge >= 0.3 is 12.2 Å². The highest BCUT2D eigenvalue weighted by molar-refractivity contribution is 5.94. The number of unbranched alkanes of at least 4 members (excludes halogenated alkanes) is 3. The second kappa shape index (κ2) is 16.8. The fraction of sp³-hybridized carbons (Fsp3) is 0.407. The number of hydrogen-bond donors (Lipinski definition) is 6. The predicted octanol–water partition coefficient (Wildman–Crippen LogP) is 2.93. The summed E-state index contributed by atoms with van der Waals surface area (Å²) in [5.74, 6) is -0.750. The number of amides is 3. The number of carbonyl (C=O) groups excluding carboxylic acids is 2. The Balaban J connectivity index is 1.79. The Kier molecular flexibility index (Phi) is 13.4. The van der Waals surface area contributed by atoms with Crippen molar-refractivity contribution >= 4 is 24.4 Å². The molecule has 0 aliphatic rings. The third-order valence-corrected chi connectivity index (χ3v) is 5.82. The van der Waals surface area contributed by atoms with Gasteiger partial charge in [0, 0.05) is 0 Å². The predicted molar refractivity (Wildman–Crippen MR) is 139 cm³/mol. The van der Waals surface area contributed by atoms with E-state index in [0.29, 0.717) is 25.8 Å². The van der Waals surface area contributed by atoms with Crippen molar-refractivity contribution < 1.29 is 29.4 Å². The first kappa shape index (κ1) is 29.5. The monoisotopic (exact) mass is 512 g/mol. The van der Waals surface area contributed by atoms with Gasteiger partial charge in [0.05, 0.1) is 18.2 Å². The summed E-state index contributed by atoms with van der Waals surface area (Å²) in [5.41, 5.74) is 1.90. The summed E-state index contributed by atoms with van der Waals surface area (Å²) < 4.78 is 0. The van der Waals surface area contributed by atoms with Gasteiger partial charge in [-0.2, -0.15) is 0 Å². The Bertz CT molecular complexity index is 973. The lowest BCUT2D eigenvalue weighted by Gasteiger charge is -2.25. The van der Waals surface area contributed by atoms with Crippen molar-refractivity contribution in [1.82, 2.24) is 21.3 Å². The summed E-state index contributed by atoms with van der Waals surface area (Å²) in [7, 11) is 0. The molecule has 2 rings (SSSR count). The summed E-state index contributed by atoms with van der Waals surface area (Å²) in [4.78, 5) is 46.1. The van der Waals surface area contributed by atoms with Crippen LogP contribution in [0.2, 0.25) is 0 Å². The molecule has 2 aromatic rings. The SMILES string of the molecule is O=CC(Cc1ccccc1)NCCCCCCC(NC(=O)O)N[C@@H](Cc1ccccc1)C(=O)NC(=O)O. The summed E-state index contributed by atoms with van der Waals surface area (Å²) in [6, 6.07) is 17.7. The Hall–Kier alpha value is -3.76. The van der Waals surface area contributed by atoms with Gasteiger partial charge in [0.2, 0.25) is 5.91 Å². The molecule has 0 spiro atoms. The topological polar surface area (TPSA) is 157 Å². The molecule has 3 amide bonds. The molecule has 0 saturated carbocycles. The zero-order valence-corrected chi connectivity index (χ0v) is 20.8. The Morgan fingerprint density at radius 3 is 1.95 bits per heavy atom. The Morgan fingerprint density at radius 2 is 1.38 bits per heavy atom. The maximum atomic E-state index is 12.5. The van der Waals surface area contributed by atoms with Crippen LogP contribution in [0, 0.1) is 0 Å². The van der Waals surface area contributed by atoms with E-state index in [1.165, 1.54) is 0 Å². The van der Waals surface area contributed by atoms with Crippen molar-refractivity contribution in [2.24, 2.45) is 0 Å². The van der Waals surface area contributed by atoms with Gasteiger partial charge in [0.1, 0.15) is 6.29 Å². The average molecular weight is 513 g/mol. The quantitative estimate of drug-likeness (QED) is 0.107. The first-order valence-electron chi connectivity index (χ1n) is 12.4. The molecule has 2 aromatic carbocycles. The van der Waals surface area contributed by atoms with Crippen LogP contribution in [0.1, 0.15) is 43.2 Å². The van der Waals surface area contributed by atoms with E-state index in [1.807, 2.05) is 66.0 Å². The van der Waals surface area contributed by atoms with E-state index in [-0.39, 0.29) is 12.5 Å². The fourth-order valence-electron chi connectivity index (χ4n) is 4.01. The van der Waals surface area contributed by atoms with Crippen LogP contribution >= 0.6 is 0 Å². The van der Waals surface area contributed by atoms with Crippen molar-refractivity contribution in [3.63, 3.8) is 0 Å². The van der Waals surface area contributed by atoms with Crippen molar-refractivity contribution in [3.8, 4) is 0 Å². The third-order valence-electron chi connectivity index (χ3n) is 5.82. The zero-order chi connectivity index (χ0) is 26.9. The van der Waals surface area contributed by atoms with Crippen molar-refractivity contribution in [2.45, 2.75) is 63.2 Å². The van der Waals surface area contributed by atoms with Crippen LogP contribution in [0.15, 0.2) is 60.7 Å². The number of imide groups is 1. The zero-order valence-electron chi connectivity index (χ0n) is 20.8. The highest BCUT2D eigenvalue weighted by Crippen LogP contribution is 2.09. The number of aldehydes is 1. The molecule has 0 aromatic heterocycles. The Labute approximate surface area is 216 Å². The molecule has 37 heavy (non-hydrogen) atoms. The second-order valence-electron chi connectivity index (χ2n) is 8.79. The van der Waals surface area contributed by atoms with Crippen LogP contribution in [0.4, 0.5) is 9.59 Å². The fourth-order valence-corrected chi connectivity index (χ4v) is 4.01. The summed E-state index contributed by atoms with van der Waals surface area (Å²) >= 11 is 0. The van der Waals surface area contributed by atoms with Gasteiger partial charge in [0.25, 0.3) is 0 Å². The lowest BCUT2D eigenvalue weighted by atomic mass is 10.0. The van der Waals surface area contributed by atoms with E-state index in [0.717, 1.165) is 36.7 Å². The summed E-state index contributed by atoms with van der Waals surface area (Å²) in [6.45, 7) is 0.694. The van der Waals surface area contributed by atoms with Crippen molar-refractivity contribution in [3.05, 3.63) is 71.8 Å². The molecular formula is C27H36N4O6. The lowest BCUT2D eigenvalue weighted by Crippen LogP contribution is -2.55. The second-order valence-corrected chi connectivity index (χ2v) is 8.79. The summed E-state index contributed by atoms with van der Waals surface area (Å²) in [6.07, 6.45) is 2.02. The van der Waals surface area contributed by atoms with Crippen LogP contribution in [-0.4, -0.2) is 59.4 Å². The molecule has 6 N–H and O–H groups in total. The minimum absolute atomic E-state index is 0.199. The number of nitrogens with one attached hydrogen (secondary N) is 4. The number of carboxylic acid groups (broad SMARTS) is 2. The van der Waals surface area contributed by atoms with Gasteiger partial charge in [-0.05, 0) is 43.4 Å². The van der Waals surface area contributed by atoms with Gasteiger partial charge in [-0.25, -0.2) is 9.59 Å². The molecule has 0 aliphatic carbocycles. The Morgan fingerprint density at radius 1 is 0.784 bits per heavy atom. The summed E-state index contributed by atoms with van der Waals surface area (Å²) in [5, 5.41) is 28.6. The average Bonchev–Trinajstić information content (AvgIpc) is 2.87. The van der Waals surface area contributed by atoms with Crippen molar-refractivity contribution in [2.75, 3.05) is 6.54 Å². The van der Waals surface area contributed by atoms with Gasteiger partial charge in [0.15, 0.2) is 0 Å². The smallest absolute Gasteiger partial charge is 0.411 e. The minimum Gasteiger partial charge on any atom is -0.465 e. The standard InChI is InChI=1S/C27H36N4O6/c32-19-22(17-20-11-5-3-6-12-20)28-16-10-2-1-9-15-24(30-26(34)35)29-23(25(33)31-27(36)37)18-21-13-7-4-8-14-21/h3-8,11-14,19,22-24,28-30H,1-2,9-10,15-18H2,(H,31,33)(H,34,35)(H,36,37)/t22?,23-,24?/m0/s1. The lowest BCUT2D eigenvalue weighted by molar-refractivity contribution is -0.122. The maximum absolute atomic E-state index is 12.5. The van der Waals surface area contributed by atoms with Crippen LogP contribution < -0.4 is 21.3 Å². The third kappa shape index (κ3) is 12.7. The first-order valence-corrected chi connectivity index (χ1v) is 12.4. The number of benzene rings is 2. The van der Waals surface area contributed by atoms with E-state index in [2.05, 4.69) is 16.0 Å².